The van der Waals surface area contributed by atoms with Gasteiger partial charge in [0, 0.05) is 12.1 Å². The van der Waals surface area contributed by atoms with Crippen molar-refractivity contribution in [1.82, 2.24) is 0 Å². The number of carbonyl (C=O) groups excluding carboxylic acids is 1. The van der Waals surface area contributed by atoms with Crippen molar-refractivity contribution in [2.75, 3.05) is 12.4 Å². The Balaban J connectivity index is 1.98. The first-order chi connectivity index (χ1) is 10.6. The van der Waals surface area contributed by atoms with Crippen LogP contribution in [0.15, 0.2) is 48.5 Å². The summed E-state index contributed by atoms with van der Waals surface area (Å²) in [5.74, 6) is -0.190. The second kappa shape index (κ2) is 5.84. The van der Waals surface area contributed by atoms with Crippen LogP contribution in [-0.4, -0.2) is 18.6 Å². The molecule has 0 unspecified atom stereocenters. The number of aryl methyl sites for hydroxylation is 2. The normalized spacial score (nSPS) is 19.9. The van der Waals surface area contributed by atoms with Crippen LogP contribution < -0.4 is 5.32 Å². The van der Waals surface area contributed by atoms with Gasteiger partial charge in [0.2, 0.25) is 0 Å². The highest BCUT2D eigenvalue weighted by Gasteiger charge is 2.42. The third kappa shape index (κ3) is 2.59. The first kappa shape index (κ1) is 14.6. The molecule has 1 N–H and O–H groups in total. The van der Waals surface area contributed by atoms with E-state index in [-0.39, 0.29) is 5.97 Å². The minimum atomic E-state index is -0.685. The molecular weight excluding hydrogens is 274 g/mol. The fraction of sp³-hybridized carbons (Fsp3) is 0.316. The van der Waals surface area contributed by atoms with E-state index in [1.807, 2.05) is 18.2 Å². The Morgan fingerprint density at radius 1 is 1.18 bits per heavy atom. The van der Waals surface area contributed by atoms with E-state index in [1.54, 1.807) is 0 Å². The van der Waals surface area contributed by atoms with Gasteiger partial charge >= 0.3 is 5.97 Å². The van der Waals surface area contributed by atoms with Crippen molar-refractivity contribution in [3.05, 3.63) is 65.2 Å². The van der Waals surface area contributed by atoms with Crippen LogP contribution in [0.4, 0.5) is 5.69 Å². The average molecular weight is 295 g/mol. The van der Waals surface area contributed by atoms with Crippen molar-refractivity contribution < 1.29 is 9.53 Å². The Labute approximate surface area is 131 Å². The molecule has 1 heterocycles. The number of esters is 1. The molecule has 1 atom stereocenters. The summed E-state index contributed by atoms with van der Waals surface area (Å²) in [4.78, 5) is 12.5. The fourth-order valence-electron chi connectivity index (χ4n) is 3.26. The summed E-state index contributed by atoms with van der Waals surface area (Å²) in [6.45, 7) is 2.07. The first-order valence-corrected chi connectivity index (χ1v) is 7.64. The number of hydrogen-bond acceptors (Lipinski definition) is 3. The zero-order chi connectivity index (χ0) is 15.6. The lowest BCUT2D eigenvalue weighted by atomic mass is 9.80. The predicted octanol–water partition coefficient (Wildman–Crippen LogP) is 3.51. The number of methoxy groups -OCH3 is 1. The summed E-state index contributed by atoms with van der Waals surface area (Å²) in [6, 6.07) is 16.4. The zero-order valence-electron chi connectivity index (χ0n) is 13.1. The molecule has 1 aliphatic heterocycles. The molecule has 0 aromatic heterocycles. The van der Waals surface area contributed by atoms with Crippen LogP contribution in [0.3, 0.4) is 0 Å². The van der Waals surface area contributed by atoms with Crippen LogP contribution >= 0.6 is 0 Å². The van der Waals surface area contributed by atoms with E-state index in [4.69, 9.17) is 4.74 Å². The van der Waals surface area contributed by atoms with E-state index < -0.39 is 5.54 Å². The van der Waals surface area contributed by atoms with E-state index in [9.17, 15) is 4.79 Å². The molecule has 2 aromatic carbocycles. The molecule has 0 aliphatic carbocycles. The second-order valence-corrected chi connectivity index (χ2v) is 5.97. The molecule has 0 saturated carbocycles. The van der Waals surface area contributed by atoms with Gasteiger partial charge in [-0.05, 0) is 36.5 Å². The van der Waals surface area contributed by atoms with Gasteiger partial charge in [-0.3, -0.25) is 0 Å². The molecule has 0 saturated heterocycles. The molecular formula is C19H21NO2. The van der Waals surface area contributed by atoms with Gasteiger partial charge in [0.15, 0.2) is 0 Å². The Hall–Kier alpha value is -2.29. The fourth-order valence-corrected chi connectivity index (χ4v) is 3.26. The van der Waals surface area contributed by atoms with Crippen LogP contribution in [0.5, 0.6) is 0 Å². The summed E-state index contributed by atoms with van der Waals surface area (Å²) < 4.78 is 5.12. The van der Waals surface area contributed by atoms with Crippen LogP contribution in [0.25, 0.3) is 0 Å². The van der Waals surface area contributed by atoms with Gasteiger partial charge in [-0.2, -0.15) is 0 Å². The minimum Gasteiger partial charge on any atom is -0.467 e. The first-order valence-electron chi connectivity index (χ1n) is 7.64. The largest absolute Gasteiger partial charge is 0.467 e. The van der Waals surface area contributed by atoms with Crippen LogP contribution in [0.2, 0.25) is 0 Å². The van der Waals surface area contributed by atoms with Crippen molar-refractivity contribution in [1.29, 1.82) is 0 Å². The summed E-state index contributed by atoms with van der Waals surface area (Å²) in [6.07, 6.45) is 2.26. The van der Waals surface area contributed by atoms with Gasteiger partial charge in [-0.1, -0.05) is 48.5 Å². The van der Waals surface area contributed by atoms with E-state index in [1.165, 1.54) is 18.2 Å². The van der Waals surface area contributed by atoms with E-state index in [0.717, 1.165) is 24.1 Å². The molecule has 3 rings (SSSR count). The minimum absolute atomic E-state index is 0.190. The van der Waals surface area contributed by atoms with Crippen LogP contribution in [0, 0.1) is 6.92 Å². The topological polar surface area (TPSA) is 38.3 Å². The molecule has 3 heteroatoms. The summed E-state index contributed by atoms with van der Waals surface area (Å²) in [5.41, 5.74) is 3.97. The lowest BCUT2D eigenvalue weighted by Gasteiger charge is -2.38. The Kier molecular flexibility index (Phi) is 3.88. The van der Waals surface area contributed by atoms with Gasteiger partial charge in [0.25, 0.3) is 0 Å². The van der Waals surface area contributed by atoms with Crippen molar-refractivity contribution in [3.8, 4) is 0 Å². The number of rotatable bonds is 3. The van der Waals surface area contributed by atoms with Crippen molar-refractivity contribution in [2.45, 2.75) is 31.7 Å². The average Bonchev–Trinajstić information content (AvgIpc) is 2.56. The second-order valence-electron chi connectivity index (χ2n) is 5.97. The number of para-hydroxylation sites is 1. The quantitative estimate of drug-likeness (QED) is 0.881. The maximum Gasteiger partial charge on any atom is 0.331 e. The Morgan fingerprint density at radius 3 is 2.68 bits per heavy atom. The Morgan fingerprint density at radius 2 is 1.95 bits per heavy atom. The molecule has 1 aliphatic rings. The maximum atomic E-state index is 12.5. The predicted molar refractivity (Wildman–Crippen MR) is 88.0 cm³/mol. The highest BCUT2D eigenvalue weighted by atomic mass is 16.5. The smallest absolute Gasteiger partial charge is 0.331 e. The van der Waals surface area contributed by atoms with E-state index in [2.05, 4.69) is 42.6 Å². The van der Waals surface area contributed by atoms with Crippen LogP contribution in [0.1, 0.15) is 23.1 Å². The number of nitrogens with one attached hydrogen (secondary N) is 1. The van der Waals surface area contributed by atoms with Gasteiger partial charge in [0.1, 0.15) is 5.54 Å². The van der Waals surface area contributed by atoms with Gasteiger partial charge in [-0.25, -0.2) is 4.79 Å². The molecule has 0 amide bonds. The summed E-state index contributed by atoms with van der Waals surface area (Å²) in [5, 5.41) is 3.50. The van der Waals surface area contributed by atoms with Gasteiger partial charge < -0.3 is 10.1 Å². The molecule has 3 nitrogen and oxygen atoms in total. The van der Waals surface area contributed by atoms with Crippen molar-refractivity contribution in [3.63, 3.8) is 0 Å². The standard InChI is InChI=1S/C19H21NO2/c1-14-7-6-10-16-11-12-19(18(21)22-2,20-17(14)16)13-15-8-4-3-5-9-15/h3-10,20H,11-13H2,1-2H3/t19-/m0/s1. The highest BCUT2D eigenvalue weighted by molar-refractivity contribution is 5.86. The molecule has 0 bridgehead atoms. The zero-order valence-corrected chi connectivity index (χ0v) is 13.1. The van der Waals surface area contributed by atoms with Gasteiger partial charge in [0.05, 0.1) is 7.11 Å². The molecule has 22 heavy (non-hydrogen) atoms. The van der Waals surface area contributed by atoms with Gasteiger partial charge in [-0.15, -0.1) is 0 Å². The number of anilines is 1. The van der Waals surface area contributed by atoms with Crippen molar-refractivity contribution >= 4 is 11.7 Å². The Bertz CT molecular complexity index is 681. The van der Waals surface area contributed by atoms with Crippen LogP contribution in [-0.2, 0) is 22.4 Å². The lowest BCUT2D eigenvalue weighted by molar-refractivity contribution is -0.146. The number of hydrogen-bond donors (Lipinski definition) is 1. The molecule has 0 spiro atoms. The lowest BCUT2D eigenvalue weighted by Crippen LogP contribution is -2.51. The number of ether oxygens (including phenoxy) is 1. The van der Waals surface area contributed by atoms with E-state index in [0.29, 0.717) is 6.42 Å². The number of carbonyl (C=O) groups is 1. The monoisotopic (exact) mass is 295 g/mol. The SMILES string of the molecule is COC(=O)[C@@]1(Cc2ccccc2)CCc2cccc(C)c2N1. The van der Waals surface area contributed by atoms with E-state index >= 15 is 0 Å². The maximum absolute atomic E-state index is 12.5. The molecule has 0 fully saturated rings. The number of fused-ring (bicyclic) bond motifs is 1. The molecule has 114 valence electrons. The van der Waals surface area contributed by atoms with Crippen molar-refractivity contribution in [2.24, 2.45) is 0 Å². The third-order valence-electron chi connectivity index (χ3n) is 4.47. The molecule has 2 aromatic rings. The number of benzene rings is 2. The highest BCUT2D eigenvalue weighted by Crippen LogP contribution is 2.36. The summed E-state index contributed by atoms with van der Waals surface area (Å²) in [7, 11) is 1.46. The molecule has 0 radical (unpaired) electrons. The summed E-state index contributed by atoms with van der Waals surface area (Å²) >= 11 is 0. The third-order valence-corrected chi connectivity index (χ3v) is 4.47.